The van der Waals surface area contributed by atoms with Crippen LogP contribution in [0.4, 0.5) is 4.39 Å². The van der Waals surface area contributed by atoms with E-state index in [1.807, 2.05) is 20.8 Å². The van der Waals surface area contributed by atoms with Gasteiger partial charge < -0.3 is 10.1 Å². The normalized spacial score (nSPS) is 11.5. The fourth-order valence-electron chi connectivity index (χ4n) is 1.44. The van der Waals surface area contributed by atoms with E-state index in [9.17, 15) is 14.0 Å². The van der Waals surface area contributed by atoms with Crippen LogP contribution in [-0.4, -0.2) is 24.0 Å². The second kappa shape index (κ2) is 7.36. The molecule has 21 heavy (non-hydrogen) atoms. The predicted octanol–water partition coefficient (Wildman–Crippen LogP) is 3.06. The van der Waals surface area contributed by atoms with E-state index in [4.69, 9.17) is 4.74 Å². The largest absolute Gasteiger partial charge is 0.452 e. The molecule has 114 valence electrons. The molecule has 0 unspecified atom stereocenters. The first-order valence-electron chi connectivity index (χ1n) is 6.28. The molecule has 0 spiro atoms. The Kier molecular flexibility index (Phi) is 6.08. The van der Waals surface area contributed by atoms with Crippen molar-refractivity contribution in [3.63, 3.8) is 0 Å². The summed E-state index contributed by atoms with van der Waals surface area (Å²) in [6.45, 7) is 5.09. The lowest BCUT2D eigenvalue weighted by atomic mass is 10.1. The standard InChI is InChI=1S/C15H17BrFNO3/c1-15(2,3)18-13(19)9-21-14(20)7-4-10-8-11(16)5-6-12(10)17/h4-8H,9H2,1-3H3,(H,18,19)/b7-4+. The van der Waals surface area contributed by atoms with Gasteiger partial charge in [-0.15, -0.1) is 0 Å². The number of carbonyl (C=O) groups is 2. The minimum absolute atomic E-state index is 0.250. The fourth-order valence-corrected chi connectivity index (χ4v) is 1.82. The molecule has 1 amide bonds. The molecule has 1 aromatic rings. The van der Waals surface area contributed by atoms with Crippen molar-refractivity contribution >= 4 is 33.9 Å². The molecule has 1 N–H and O–H groups in total. The molecule has 0 aliphatic heterocycles. The summed E-state index contributed by atoms with van der Waals surface area (Å²) in [6.07, 6.45) is 2.37. The van der Waals surface area contributed by atoms with Crippen LogP contribution in [0.5, 0.6) is 0 Å². The van der Waals surface area contributed by atoms with Crippen molar-refractivity contribution in [3.05, 3.63) is 40.1 Å². The van der Waals surface area contributed by atoms with E-state index in [-0.39, 0.29) is 12.2 Å². The zero-order valence-electron chi connectivity index (χ0n) is 12.1. The van der Waals surface area contributed by atoms with Crippen LogP contribution in [0.25, 0.3) is 6.08 Å². The molecule has 0 radical (unpaired) electrons. The van der Waals surface area contributed by atoms with Crippen molar-refractivity contribution in [2.24, 2.45) is 0 Å². The first kappa shape index (κ1) is 17.4. The van der Waals surface area contributed by atoms with Crippen molar-refractivity contribution in [1.82, 2.24) is 5.32 Å². The number of benzene rings is 1. The molecule has 1 aromatic carbocycles. The van der Waals surface area contributed by atoms with Gasteiger partial charge in [-0.25, -0.2) is 9.18 Å². The van der Waals surface area contributed by atoms with Crippen LogP contribution >= 0.6 is 15.9 Å². The molecule has 0 saturated carbocycles. The van der Waals surface area contributed by atoms with E-state index < -0.39 is 23.2 Å². The van der Waals surface area contributed by atoms with Gasteiger partial charge in [0.05, 0.1) is 0 Å². The Balaban J connectivity index is 2.52. The quantitative estimate of drug-likeness (QED) is 0.665. The zero-order chi connectivity index (χ0) is 16.0. The van der Waals surface area contributed by atoms with Gasteiger partial charge in [-0.3, -0.25) is 4.79 Å². The molecule has 4 nitrogen and oxygen atoms in total. The van der Waals surface area contributed by atoms with Gasteiger partial charge in [0.1, 0.15) is 5.82 Å². The molecule has 0 bridgehead atoms. The lowest BCUT2D eigenvalue weighted by Gasteiger charge is -2.20. The van der Waals surface area contributed by atoms with Gasteiger partial charge in [0, 0.05) is 21.7 Å². The third kappa shape index (κ3) is 7.04. The van der Waals surface area contributed by atoms with Gasteiger partial charge in [-0.05, 0) is 45.0 Å². The molecule has 0 aliphatic rings. The van der Waals surface area contributed by atoms with Crippen LogP contribution < -0.4 is 5.32 Å². The SMILES string of the molecule is CC(C)(C)NC(=O)COC(=O)/C=C/c1cc(Br)ccc1F. The van der Waals surface area contributed by atoms with Gasteiger partial charge in [-0.1, -0.05) is 15.9 Å². The van der Waals surface area contributed by atoms with Gasteiger partial charge in [0.2, 0.25) is 0 Å². The highest BCUT2D eigenvalue weighted by molar-refractivity contribution is 9.10. The number of nitrogens with one attached hydrogen (secondary N) is 1. The monoisotopic (exact) mass is 357 g/mol. The van der Waals surface area contributed by atoms with Crippen molar-refractivity contribution in [2.45, 2.75) is 26.3 Å². The number of hydrogen-bond acceptors (Lipinski definition) is 3. The second-order valence-electron chi connectivity index (χ2n) is 5.41. The maximum absolute atomic E-state index is 13.4. The molecule has 0 saturated heterocycles. The number of hydrogen-bond donors (Lipinski definition) is 1. The third-order valence-electron chi connectivity index (χ3n) is 2.22. The van der Waals surface area contributed by atoms with Crippen LogP contribution in [0.2, 0.25) is 0 Å². The summed E-state index contributed by atoms with van der Waals surface area (Å²) >= 11 is 3.21. The Labute approximate surface area is 131 Å². The first-order valence-corrected chi connectivity index (χ1v) is 7.07. The van der Waals surface area contributed by atoms with E-state index in [2.05, 4.69) is 21.2 Å². The molecule has 0 atom stereocenters. The fraction of sp³-hybridized carbons (Fsp3) is 0.333. The van der Waals surface area contributed by atoms with Gasteiger partial charge in [0.25, 0.3) is 5.91 Å². The van der Waals surface area contributed by atoms with Gasteiger partial charge >= 0.3 is 5.97 Å². The number of rotatable bonds is 4. The summed E-state index contributed by atoms with van der Waals surface area (Å²) in [4.78, 5) is 22.9. The van der Waals surface area contributed by atoms with E-state index >= 15 is 0 Å². The Morgan fingerprint density at radius 3 is 2.67 bits per heavy atom. The van der Waals surface area contributed by atoms with Crippen LogP contribution in [0.3, 0.4) is 0 Å². The van der Waals surface area contributed by atoms with E-state index in [0.29, 0.717) is 4.47 Å². The van der Waals surface area contributed by atoms with Crippen molar-refractivity contribution in [2.75, 3.05) is 6.61 Å². The minimum atomic E-state index is -0.710. The molecule has 0 aliphatic carbocycles. The van der Waals surface area contributed by atoms with E-state index in [1.54, 1.807) is 6.07 Å². The molecular formula is C15H17BrFNO3. The minimum Gasteiger partial charge on any atom is -0.452 e. The first-order chi connectivity index (χ1) is 9.67. The number of esters is 1. The summed E-state index contributed by atoms with van der Waals surface area (Å²) in [5.41, 5.74) is -0.140. The van der Waals surface area contributed by atoms with E-state index in [0.717, 1.165) is 6.08 Å². The number of carbonyl (C=O) groups excluding carboxylic acids is 2. The van der Waals surface area contributed by atoms with Crippen LogP contribution in [0.15, 0.2) is 28.7 Å². The average molecular weight is 358 g/mol. The van der Waals surface area contributed by atoms with E-state index in [1.165, 1.54) is 18.2 Å². The third-order valence-corrected chi connectivity index (χ3v) is 2.71. The summed E-state index contributed by atoms with van der Waals surface area (Å²) in [7, 11) is 0. The van der Waals surface area contributed by atoms with Crippen LogP contribution in [0.1, 0.15) is 26.3 Å². The lowest BCUT2D eigenvalue weighted by Crippen LogP contribution is -2.42. The maximum atomic E-state index is 13.4. The molecule has 0 fully saturated rings. The van der Waals surface area contributed by atoms with Crippen LogP contribution in [0, 0.1) is 5.82 Å². The molecule has 0 aromatic heterocycles. The smallest absolute Gasteiger partial charge is 0.331 e. The Morgan fingerprint density at radius 2 is 2.05 bits per heavy atom. The molecule has 0 heterocycles. The number of ether oxygens (including phenoxy) is 1. The summed E-state index contributed by atoms with van der Waals surface area (Å²) in [6, 6.07) is 4.37. The average Bonchev–Trinajstić information content (AvgIpc) is 2.35. The highest BCUT2D eigenvalue weighted by Gasteiger charge is 2.14. The summed E-state index contributed by atoms with van der Waals surface area (Å²) < 4.78 is 18.9. The van der Waals surface area contributed by atoms with Crippen molar-refractivity contribution < 1.29 is 18.7 Å². The Bertz CT molecular complexity index is 565. The van der Waals surface area contributed by atoms with Crippen molar-refractivity contribution in [3.8, 4) is 0 Å². The Morgan fingerprint density at radius 1 is 1.38 bits per heavy atom. The van der Waals surface area contributed by atoms with Gasteiger partial charge in [-0.2, -0.15) is 0 Å². The molecule has 6 heteroatoms. The number of amides is 1. The predicted molar refractivity (Wildman–Crippen MR) is 82.0 cm³/mol. The highest BCUT2D eigenvalue weighted by Crippen LogP contribution is 2.16. The maximum Gasteiger partial charge on any atom is 0.331 e. The van der Waals surface area contributed by atoms with Crippen LogP contribution in [-0.2, 0) is 14.3 Å². The molecular weight excluding hydrogens is 341 g/mol. The summed E-state index contributed by atoms with van der Waals surface area (Å²) in [5.74, 6) is -1.55. The zero-order valence-corrected chi connectivity index (χ0v) is 13.7. The lowest BCUT2D eigenvalue weighted by molar-refractivity contribution is -0.144. The van der Waals surface area contributed by atoms with Crippen molar-refractivity contribution in [1.29, 1.82) is 0 Å². The topological polar surface area (TPSA) is 55.4 Å². The summed E-state index contributed by atoms with van der Waals surface area (Å²) in [5, 5.41) is 2.66. The molecule has 1 rings (SSSR count). The highest BCUT2D eigenvalue weighted by atomic mass is 79.9. The number of halogens is 2. The van der Waals surface area contributed by atoms with Gasteiger partial charge in [0.15, 0.2) is 6.61 Å². The second-order valence-corrected chi connectivity index (χ2v) is 6.32. The Hall–Kier alpha value is -1.69.